The Kier molecular flexibility index (Phi) is 6.02. The molecule has 0 radical (unpaired) electrons. The number of aromatic amines is 1. The van der Waals surface area contributed by atoms with Gasteiger partial charge in [-0.1, -0.05) is 20.8 Å². The van der Waals surface area contributed by atoms with Gasteiger partial charge in [0.15, 0.2) is 20.0 Å². The average molecular weight is 424 g/mol. The van der Waals surface area contributed by atoms with Crippen LogP contribution in [0.5, 0.6) is 0 Å². The van der Waals surface area contributed by atoms with Crippen molar-refractivity contribution in [3.8, 4) is 0 Å². The Hall–Kier alpha value is -1.61. The molecule has 1 aliphatic heterocycles. The van der Waals surface area contributed by atoms with Crippen molar-refractivity contribution >= 4 is 19.1 Å². The van der Waals surface area contributed by atoms with Crippen molar-refractivity contribution in [3.63, 3.8) is 0 Å². The molecule has 3 rings (SSSR count). The topological polar surface area (TPSA) is 57.4 Å². The fourth-order valence-corrected chi connectivity index (χ4v) is 4.64. The number of H-pyrrole nitrogens is 1. The molecule has 0 bridgehead atoms. The van der Waals surface area contributed by atoms with Gasteiger partial charge in [-0.15, -0.1) is 0 Å². The van der Waals surface area contributed by atoms with Gasteiger partial charge in [-0.3, -0.25) is 9.69 Å². The van der Waals surface area contributed by atoms with E-state index >= 15 is 0 Å². The van der Waals surface area contributed by atoms with Crippen LogP contribution in [0.3, 0.4) is 0 Å². The van der Waals surface area contributed by atoms with E-state index < -0.39 is 25.5 Å². The van der Waals surface area contributed by atoms with Gasteiger partial charge in [-0.2, -0.15) is 0 Å². The Morgan fingerprint density at radius 2 is 1.86 bits per heavy atom. The molecular weight excluding hydrogens is 392 g/mol. The number of likely N-dealkylation sites (N-methyl/N-ethyl adjacent to an activating group) is 1. The average Bonchev–Trinajstić information content (AvgIpc) is 2.61. The lowest BCUT2D eigenvalue weighted by atomic mass is 9.94. The highest BCUT2D eigenvalue weighted by atomic mass is 28.4. The molecule has 1 aromatic heterocycles. The summed E-state index contributed by atoms with van der Waals surface area (Å²) in [5.74, 6) is -1.95. The Bertz CT molecular complexity index is 969. The van der Waals surface area contributed by atoms with E-state index in [1.165, 1.54) is 0 Å². The minimum absolute atomic E-state index is 0.101. The molecule has 8 heteroatoms. The molecule has 2 N–H and O–H groups in total. The van der Waals surface area contributed by atoms with Crippen LogP contribution >= 0.6 is 0 Å². The largest absolute Gasteiger partial charge is 0.416 e. The Morgan fingerprint density at radius 3 is 2.45 bits per heavy atom. The van der Waals surface area contributed by atoms with Crippen LogP contribution in [0.25, 0.3) is 10.8 Å². The van der Waals surface area contributed by atoms with Crippen LogP contribution in [0.4, 0.5) is 8.78 Å². The van der Waals surface area contributed by atoms with E-state index in [0.29, 0.717) is 25.1 Å². The lowest BCUT2D eigenvalue weighted by molar-refractivity contribution is 0.167. The molecule has 0 saturated carbocycles. The van der Waals surface area contributed by atoms with E-state index in [1.54, 1.807) is 0 Å². The maximum absolute atomic E-state index is 13.9. The SMILES string of the molecule is CN[C@H]1CN(CCO[Si](C)(C)C(C)(C)C)Cc2[nH]c(=O)c3cc(F)c(F)cc3c21. The number of rotatable bonds is 5. The zero-order chi connectivity index (χ0) is 21.6. The van der Waals surface area contributed by atoms with Crippen LogP contribution in [0.15, 0.2) is 16.9 Å². The van der Waals surface area contributed by atoms with Gasteiger partial charge < -0.3 is 14.7 Å². The Morgan fingerprint density at radius 1 is 1.24 bits per heavy atom. The highest BCUT2D eigenvalue weighted by Gasteiger charge is 2.37. The molecule has 1 aliphatic rings. The van der Waals surface area contributed by atoms with Gasteiger partial charge in [0.25, 0.3) is 5.56 Å². The first-order chi connectivity index (χ1) is 13.4. The van der Waals surface area contributed by atoms with Crippen molar-refractivity contribution in [1.29, 1.82) is 0 Å². The van der Waals surface area contributed by atoms with Crippen LogP contribution < -0.4 is 10.9 Å². The van der Waals surface area contributed by atoms with Gasteiger partial charge in [0.05, 0.1) is 5.39 Å². The van der Waals surface area contributed by atoms with E-state index in [-0.39, 0.29) is 16.5 Å². The molecule has 0 spiro atoms. The highest BCUT2D eigenvalue weighted by Crippen LogP contribution is 2.36. The number of hydrogen-bond acceptors (Lipinski definition) is 4. The van der Waals surface area contributed by atoms with Crippen LogP contribution in [-0.4, -0.2) is 44.9 Å². The van der Waals surface area contributed by atoms with E-state index in [9.17, 15) is 13.6 Å². The maximum Gasteiger partial charge on any atom is 0.256 e. The van der Waals surface area contributed by atoms with E-state index in [2.05, 4.69) is 49.1 Å². The zero-order valence-corrected chi connectivity index (χ0v) is 19.1. The van der Waals surface area contributed by atoms with Crippen molar-refractivity contribution in [2.24, 2.45) is 0 Å². The van der Waals surface area contributed by atoms with Crippen molar-refractivity contribution < 1.29 is 13.2 Å². The first kappa shape index (κ1) is 22.1. The van der Waals surface area contributed by atoms with Gasteiger partial charge in [-0.05, 0) is 48.3 Å². The molecule has 1 aromatic carbocycles. The molecule has 160 valence electrons. The first-order valence-corrected chi connectivity index (χ1v) is 12.9. The van der Waals surface area contributed by atoms with Crippen LogP contribution in [0.2, 0.25) is 18.1 Å². The summed E-state index contributed by atoms with van der Waals surface area (Å²) in [4.78, 5) is 17.6. The van der Waals surface area contributed by atoms with E-state index in [0.717, 1.165) is 29.9 Å². The van der Waals surface area contributed by atoms with Crippen LogP contribution in [0.1, 0.15) is 38.1 Å². The summed E-state index contributed by atoms with van der Waals surface area (Å²) in [5.41, 5.74) is 1.18. The summed E-state index contributed by atoms with van der Waals surface area (Å²) in [5, 5.41) is 4.06. The van der Waals surface area contributed by atoms with E-state index in [4.69, 9.17) is 4.43 Å². The number of fused-ring (bicyclic) bond motifs is 3. The molecule has 2 aromatic rings. The zero-order valence-electron chi connectivity index (χ0n) is 18.1. The minimum atomic E-state index is -1.82. The molecule has 0 amide bonds. The molecule has 0 saturated heterocycles. The number of nitrogens with one attached hydrogen (secondary N) is 2. The molecule has 0 aliphatic carbocycles. The van der Waals surface area contributed by atoms with Crippen molar-refractivity contribution in [3.05, 3.63) is 45.4 Å². The second kappa shape index (κ2) is 7.90. The summed E-state index contributed by atoms with van der Waals surface area (Å²) in [7, 11) is 0.0136. The van der Waals surface area contributed by atoms with E-state index in [1.807, 2.05) is 7.05 Å². The standard InChI is InChI=1S/C21H31F2N3O2Si/c1-21(2,3)29(5,6)28-8-7-26-11-17(24-4)19-13-9-15(22)16(23)10-14(13)20(27)25-18(19)12-26/h9-10,17,24H,7-8,11-12H2,1-6H3,(H,25,27)/t17-/m0/s1. The molecular formula is C21H31F2N3O2Si. The monoisotopic (exact) mass is 423 g/mol. The quantitative estimate of drug-likeness (QED) is 0.716. The highest BCUT2D eigenvalue weighted by molar-refractivity contribution is 6.74. The summed E-state index contributed by atoms with van der Waals surface area (Å²) in [6.07, 6.45) is 0. The maximum atomic E-state index is 13.9. The first-order valence-electron chi connectivity index (χ1n) is 10.0. The molecule has 1 atom stereocenters. The summed E-state index contributed by atoms with van der Waals surface area (Å²) < 4.78 is 33.9. The number of pyridine rings is 1. The minimum Gasteiger partial charge on any atom is -0.416 e. The molecule has 5 nitrogen and oxygen atoms in total. The van der Waals surface area contributed by atoms with Crippen LogP contribution in [0, 0.1) is 11.6 Å². The smallest absolute Gasteiger partial charge is 0.256 e. The second-order valence-corrected chi connectivity index (χ2v) is 14.2. The summed E-state index contributed by atoms with van der Waals surface area (Å²) in [6.45, 7) is 13.7. The molecule has 2 heterocycles. The van der Waals surface area contributed by atoms with Gasteiger partial charge in [-0.25, -0.2) is 8.78 Å². The number of hydrogen-bond donors (Lipinski definition) is 2. The van der Waals surface area contributed by atoms with Crippen molar-refractivity contribution in [1.82, 2.24) is 15.2 Å². The fourth-order valence-electron chi connectivity index (χ4n) is 3.60. The summed E-state index contributed by atoms with van der Waals surface area (Å²) in [6, 6.07) is 2.02. The van der Waals surface area contributed by atoms with Gasteiger partial charge in [0.2, 0.25) is 0 Å². The second-order valence-electron chi connectivity index (χ2n) is 9.34. The predicted octanol–water partition coefficient (Wildman–Crippen LogP) is 3.90. The van der Waals surface area contributed by atoms with Crippen molar-refractivity contribution in [2.45, 2.75) is 51.5 Å². The third-order valence-corrected chi connectivity index (χ3v) is 10.9. The van der Waals surface area contributed by atoms with Gasteiger partial charge >= 0.3 is 0 Å². The summed E-state index contributed by atoms with van der Waals surface area (Å²) >= 11 is 0. The molecule has 0 fully saturated rings. The third-order valence-electron chi connectivity index (χ3n) is 6.38. The lowest BCUT2D eigenvalue weighted by Gasteiger charge is -2.38. The third kappa shape index (κ3) is 4.30. The predicted molar refractivity (Wildman–Crippen MR) is 115 cm³/mol. The number of nitrogens with zero attached hydrogens (tertiary/aromatic N) is 1. The number of aromatic nitrogens is 1. The van der Waals surface area contributed by atoms with Gasteiger partial charge in [0, 0.05) is 38.0 Å². The number of benzene rings is 1. The van der Waals surface area contributed by atoms with Crippen LogP contribution in [-0.2, 0) is 11.0 Å². The Balaban J connectivity index is 1.86. The normalized spacial score (nSPS) is 18.3. The van der Waals surface area contributed by atoms with Gasteiger partial charge in [0.1, 0.15) is 0 Å². The molecule has 29 heavy (non-hydrogen) atoms. The number of halogens is 2. The van der Waals surface area contributed by atoms with Crippen molar-refractivity contribution in [2.75, 3.05) is 26.7 Å². The molecule has 0 unspecified atom stereocenters. The lowest BCUT2D eigenvalue weighted by Crippen LogP contribution is -2.45. The Labute approximate surface area is 171 Å². The fraction of sp³-hybridized carbons (Fsp3) is 0.571.